The predicted molar refractivity (Wildman–Crippen MR) is 114 cm³/mol. The number of aromatic nitrogens is 3. The van der Waals surface area contributed by atoms with E-state index in [1.165, 1.54) is 19.3 Å². The van der Waals surface area contributed by atoms with Gasteiger partial charge in [0.1, 0.15) is 17.3 Å². The summed E-state index contributed by atoms with van der Waals surface area (Å²) in [6, 6.07) is 15.4. The first-order chi connectivity index (χ1) is 14.3. The Morgan fingerprint density at radius 2 is 1.79 bits per heavy atom. The van der Waals surface area contributed by atoms with Crippen molar-refractivity contribution in [2.45, 2.75) is 38.1 Å². The van der Waals surface area contributed by atoms with Gasteiger partial charge >= 0.3 is 0 Å². The highest BCUT2D eigenvalue weighted by Crippen LogP contribution is 2.33. The SMILES string of the molecule is Fc1cc(-c2nc3cnccn3c2NC2CCCCC2)ccc1-c1ccccc1. The number of rotatable bonds is 4. The van der Waals surface area contributed by atoms with Crippen LogP contribution in [0.1, 0.15) is 32.1 Å². The van der Waals surface area contributed by atoms with Crippen molar-refractivity contribution in [2.75, 3.05) is 5.32 Å². The predicted octanol–water partition coefficient (Wildman–Crippen LogP) is 5.95. The van der Waals surface area contributed by atoms with Crippen molar-refractivity contribution in [3.63, 3.8) is 0 Å². The van der Waals surface area contributed by atoms with Gasteiger partial charge in [0.2, 0.25) is 0 Å². The Morgan fingerprint density at radius 1 is 0.966 bits per heavy atom. The Balaban J connectivity index is 1.57. The third kappa shape index (κ3) is 3.48. The zero-order valence-electron chi connectivity index (χ0n) is 16.2. The van der Waals surface area contributed by atoms with Crippen molar-refractivity contribution in [3.05, 3.63) is 72.9 Å². The molecule has 2 heterocycles. The highest BCUT2D eigenvalue weighted by Gasteiger charge is 2.20. The third-order valence-electron chi connectivity index (χ3n) is 5.70. The van der Waals surface area contributed by atoms with E-state index in [0.717, 1.165) is 41.1 Å². The van der Waals surface area contributed by atoms with Gasteiger partial charge in [-0.25, -0.2) is 9.37 Å². The van der Waals surface area contributed by atoms with Crippen LogP contribution < -0.4 is 5.32 Å². The van der Waals surface area contributed by atoms with Crippen molar-refractivity contribution < 1.29 is 4.39 Å². The van der Waals surface area contributed by atoms with E-state index in [-0.39, 0.29) is 5.82 Å². The molecule has 0 saturated heterocycles. The number of nitrogens with one attached hydrogen (secondary N) is 1. The number of nitrogens with zero attached hydrogens (tertiary/aromatic N) is 3. The summed E-state index contributed by atoms with van der Waals surface area (Å²) in [7, 11) is 0. The first-order valence-electron chi connectivity index (χ1n) is 10.2. The van der Waals surface area contributed by atoms with Gasteiger partial charge in [0.25, 0.3) is 0 Å². The van der Waals surface area contributed by atoms with Gasteiger partial charge in [0.15, 0.2) is 5.65 Å². The molecule has 1 fully saturated rings. The smallest absolute Gasteiger partial charge is 0.157 e. The molecule has 0 aliphatic heterocycles. The van der Waals surface area contributed by atoms with Crippen LogP contribution in [-0.4, -0.2) is 20.4 Å². The van der Waals surface area contributed by atoms with Gasteiger partial charge in [0.05, 0.1) is 6.20 Å². The Labute approximate surface area is 169 Å². The molecule has 1 aliphatic carbocycles. The molecule has 0 unspecified atom stereocenters. The number of hydrogen-bond donors (Lipinski definition) is 1. The molecule has 0 atom stereocenters. The fraction of sp³-hybridized carbons (Fsp3) is 0.250. The van der Waals surface area contributed by atoms with Crippen molar-refractivity contribution in [1.82, 2.24) is 14.4 Å². The molecule has 29 heavy (non-hydrogen) atoms. The normalized spacial score (nSPS) is 14.9. The fourth-order valence-corrected chi connectivity index (χ4v) is 4.20. The number of anilines is 1. The molecule has 0 bridgehead atoms. The number of imidazole rings is 1. The molecule has 2 aromatic heterocycles. The van der Waals surface area contributed by atoms with E-state index in [0.29, 0.717) is 11.6 Å². The number of halogens is 1. The maximum atomic E-state index is 15.0. The second kappa shape index (κ2) is 7.66. The van der Waals surface area contributed by atoms with Crippen molar-refractivity contribution in [3.8, 4) is 22.4 Å². The van der Waals surface area contributed by atoms with Gasteiger partial charge in [-0.1, -0.05) is 61.7 Å². The van der Waals surface area contributed by atoms with Gasteiger partial charge < -0.3 is 5.32 Å². The second-order valence-electron chi connectivity index (χ2n) is 7.65. The minimum atomic E-state index is -0.243. The molecule has 4 nitrogen and oxygen atoms in total. The van der Waals surface area contributed by atoms with Crippen molar-refractivity contribution >= 4 is 11.5 Å². The van der Waals surface area contributed by atoms with Crippen LogP contribution >= 0.6 is 0 Å². The summed E-state index contributed by atoms with van der Waals surface area (Å²) in [6.07, 6.45) is 11.5. The van der Waals surface area contributed by atoms with E-state index < -0.39 is 0 Å². The van der Waals surface area contributed by atoms with Crippen molar-refractivity contribution in [1.29, 1.82) is 0 Å². The molecule has 0 amide bonds. The first kappa shape index (κ1) is 17.9. The standard InChI is InChI=1S/C24H23FN4/c25-21-15-18(11-12-20(21)17-7-3-1-4-8-17)23-24(27-19-9-5-2-6-10-19)29-14-13-26-16-22(29)28-23/h1,3-4,7-8,11-16,19,27H,2,5-6,9-10H2. The average Bonchev–Trinajstić information content (AvgIpc) is 3.13. The molecule has 0 radical (unpaired) electrons. The molecule has 5 heteroatoms. The zero-order chi connectivity index (χ0) is 19.6. The number of benzene rings is 2. The summed E-state index contributed by atoms with van der Waals surface area (Å²) >= 11 is 0. The highest BCUT2D eigenvalue weighted by molar-refractivity contribution is 5.78. The first-order valence-corrected chi connectivity index (χ1v) is 10.2. The number of fused-ring (bicyclic) bond motifs is 1. The Kier molecular flexibility index (Phi) is 4.72. The monoisotopic (exact) mass is 386 g/mol. The minimum Gasteiger partial charge on any atom is -0.367 e. The lowest BCUT2D eigenvalue weighted by molar-refractivity contribution is 0.461. The van der Waals surface area contributed by atoms with Gasteiger partial charge in [-0.2, -0.15) is 0 Å². The lowest BCUT2D eigenvalue weighted by Gasteiger charge is -2.24. The van der Waals surface area contributed by atoms with Gasteiger partial charge in [-0.3, -0.25) is 9.38 Å². The molecule has 4 aromatic rings. The summed E-state index contributed by atoms with van der Waals surface area (Å²) in [5.74, 6) is 0.675. The summed E-state index contributed by atoms with van der Waals surface area (Å²) in [6.45, 7) is 0. The molecular weight excluding hydrogens is 363 g/mol. The lowest BCUT2D eigenvalue weighted by atomic mass is 9.95. The lowest BCUT2D eigenvalue weighted by Crippen LogP contribution is -2.23. The van der Waals surface area contributed by atoms with E-state index in [4.69, 9.17) is 4.98 Å². The molecular formula is C24H23FN4. The largest absolute Gasteiger partial charge is 0.367 e. The van der Waals surface area contributed by atoms with Crippen LogP contribution in [-0.2, 0) is 0 Å². The summed E-state index contributed by atoms with van der Waals surface area (Å²) in [5, 5.41) is 3.69. The van der Waals surface area contributed by atoms with Crippen molar-refractivity contribution in [2.24, 2.45) is 0 Å². The van der Waals surface area contributed by atoms with E-state index in [1.54, 1.807) is 18.5 Å². The maximum absolute atomic E-state index is 15.0. The van der Waals surface area contributed by atoms with E-state index >= 15 is 0 Å². The zero-order valence-corrected chi connectivity index (χ0v) is 16.2. The minimum absolute atomic E-state index is 0.243. The molecule has 1 N–H and O–H groups in total. The van der Waals surface area contributed by atoms with E-state index in [1.807, 2.05) is 53.1 Å². The highest BCUT2D eigenvalue weighted by atomic mass is 19.1. The van der Waals surface area contributed by atoms with Crippen LogP contribution in [0.15, 0.2) is 67.1 Å². The van der Waals surface area contributed by atoms with E-state index in [9.17, 15) is 4.39 Å². The summed E-state index contributed by atoms with van der Waals surface area (Å²) in [5.41, 5.74) is 3.76. The number of hydrogen-bond acceptors (Lipinski definition) is 3. The van der Waals surface area contributed by atoms with Crippen LogP contribution in [0.3, 0.4) is 0 Å². The molecule has 146 valence electrons. The quantitative estimate of drug-likeness (QED) is 0.471. The summed E-state index contributed by atoms with van der Waals surface area (Å²) in [4.78, 5) is 8.96. The molecule has 5 rings (SSSR count). The Morgan fingerprint density at radius 3 is 2.59 bits per heavy atom. The van der Waals surface area contributed by atoms with Crippen LogP contribution in [0.25, 0.3) is 28.0 Å². The molecule has 1 saturated carbocycles. The van der Waals surface area contributed by atoms with Crippen LogP contribution in [0.5, 0.6) is 0 Å². The van der Waals surface area contributed by atoms with Gasteiger partial charge in [0, 0.05) is 29.6 Å². The molecule has 0 spiro atoms. The van der Waals surface area contributed by atoms with Gasteiger partial charge in [-0.15, -0.1) is 0 Å². The summed E-state index contributed by atoms with van der Waals surface area (Å²) < 4.78 is 17.0. The molecule has 1 aliphatic rings. The van der Waals surface area contributed by atoms with Crippen LogP contribution in [0.4, 0.5) is 10.2 Å². The molecule has 2 aromatic carbocycles. The average molecular weight is 386 g/mol. The fourth-order valence-electron chi connectivity index (χ4n) is 4.20. The van der Waals surface area contributed by atoms with Gasteiger partial charge in [-0.05, 0) is 24.5 Å². The Bertz CT molecular complexity index is 1130. The van der Waals surface area contributed by atoms with Crippen LogP contribution in [0.2, 0.25) is 0 Å². The van der Waals surface area contributed by atoms with Crippen LogP contribution in [0, 0.1) is 5.82 Å². The third-order valence-corrected chi connectivity index (χ3v) is 5.70. The Hall–Kier alpha value is -3.21. The maximum Gasteiger partial charge on any atom is 0.157 e. The van der Waals surface area contributed by atoms with E-state index in [2.05, 4.69) is 10.3 Å². The topological polar surface area (TPSA) is 42.2 Å². The second-order valence-corrected chi connectivity index (χ2v) is 7.65.